The maximum atomic E-state index is 11.8. The van der Waals surface area contributed by atoms with Gasteiger partial charge in [-0.05, 0) is 25.8 Å². The highest BCUT2D eigenvalue weighted by molar-refractivity contribution is 5.91. The van der Waals surface area contributed by atoms with E-state index in [1.807, 2.05) is 0 Å². The molecule has 1 unspecified atom stereocenters. The highest BCUT2D eigenvalue weighted by atomic mass is 35.5. The minimum Gasteiger partial charge on any atom is -0.369 e. The first-order valence-electron chi connectivity index (χ1n) is 4.59. The first-order chi connectivity index (χ1) is 5.78. The highest BCUT2D eigenvalue weighted by Gasteiger charge is 2.47. The second-order valence-corrected chi connectivity index (χ2v) is 3.76. The molecule has 4 heteroatoms. The summed E-state index contributed by atoms with van der Waals surface area (Å²) in [5, 5.41) is 3.18. The standard InChI is InChI=1S/C9H15NO2.ClH/c1-12-9(4-5-10-6-9)8(11)7-2-3-7;/h7,10H,2-6H2,1H3;1H. The smallest absolute Gasteiger partial charge is 0.169 e. The number of Topliss-reactive ketones (excluding diaryl/α,β-unsaturated/α-hetero) is 1. The van der Waals surface area contributed by atoms with E-state index in [-0.39, 0.29) is 12.4 Å². The lowest BCUT2D eigenvalue weighted by Gasteiger charge is -2.24. The fourth-order valence-corrected chi connectivity index (χ4v) is 1.87. The zero-order valence-corrected chi connectivity index (χ0v) is 8.65. The van der Waals surface area contributed by atoms with Crippen molar-refractivity contribution in [3.63, 3.8) is 0 Å². The molecule has 0 aromatic carbocycles. The minimum atomic E-state index is -0.471. The molecule has 1 saturated carbocycles. The average molecular weight is 206 g/mol. The van der Waals surface area contributed by atoms with E-state index >= 15 is 0 Å². The molecule has 1 aliphatic heterocycles. The maximum absolute atomic E-state index is 11.8. The molecule has 1 N–H and O–H groups in total. The van der Waals surface area contributed by atoms with Gasteiger partial charge in [0.05, 0.1) is 0 Å². The Hall–Kier alpha value is -0.120. The van der Waals surface area contributed by atoms with E-state index in [0.717, 1.165) is 25.8 Å². The normalized spacial score (nSPS) is 32.7. The van der Waals surface area contributed by atoms with Crippen molar-refractivity contribution in [1.82, 2.24) is 5.32 Å². The van der Waals surface area contributed by atoms with Gasteiger partial charge in [0.15, 0.2) is 5.78 Å². The summed E-state index contributed by atoms with van der Waals surface area (Å²) in [5.74, 6) is 0.639. The molecule has 0 aromatic heterocycles. The van der Waals surface area contributed by atoms with Crippen LogP contribution >= 0.6 is 12.4 Å². The monoisotopic (exact) mass is 205 g/mol. The van der Waals surface area contributed by atoms with Crippen molar-refractivity contribution in [3.05, 3.63) is 0 Å². The number of carbonyl (C=O) groups is 1. The predicted molar refractivity (Wildman–Crippen MR) is 52.2 cm³/mol. The van der Waals surface area contributed by atoms with Gasteiger partial charge in [0.1, 0.15) is 5.60 Å². The molecule has 13 heavy (non-hydrogen) atoms. The molecule has 0 spiro atoms. The van der Waals surface area contributed by atoms with E-state index in [2.05, 4.69) is 5.32 Å². The number of methoxy groups -OCH3 is 1. The summed E-state index contributed by atoms with van der Waals surface area (Å²) < 4.78 is 5.35. The SMILES string of the molecule is COC1(C(=O)C2CC2)CCNC1.Cl. The van der Waals surface area contributed by atoms with Crippen LogP contribution < -0.4 is 5.32 Å². The van der Waals surface area contributed by atoms with Crippen LogP contribution in [0, 0.1) is 5.92 Å². The molecule has 0 radical (unpaired) electrons. The lowest BCUT2D eigenvalue weighted by Crippen LogP contribution is -2.43. The number of nitrogens with one attached hydrogen (secondary N) is 1. The van der Waals surface area contributed by atoms with Crippen molar-refractivity contribution in [2.45, 2.75) is 24.9 Å². The van der Waals surface area contributed by atoms with Crippen molar-refractivity contribution in [2.75, 3.05) is 20.2 Å². The molecular formula is C9H16ClNO2. The fourth-order valence-electron chi connectivity index (χ4n) is 1.87. The van der Waals surface area contributed by atoms with E-state index in [0.29, 0.717) is 18.2 Å². The van der Waals surface area contributed by atoms with Gasteiger partial charge < -0.3 is 10.1 Å². The molecule has 1 saturated heterocycles. The molecule has 0 aromatic rings. The molecule has 1 atom stereocenters. The third kappa shape index (κ3) is 1.87. The van der Waals surface area contributed by atoms with Crippen LogP contribution in [0.2, 0.25) is 0 Å². The van der Waals surface area contributed by atoms with E-state index in [4.69, 9.17) is 4.74 Å². The average Bonchev–Trinajstić information content (AvgIpc) is 2.83. The van der Waals surface area contributed by atoms with E-state index < -0.39 is 5.60 Å². The first kappa shape index (κ1) is 11.0. The van der Waals surface area contributed by atoms with Gasteiger partial charge in [-0.3, -0.25) is 4.79 Å². The van der Waals surface area contributed by atoms with Crippen LogP contribution in [0.25, 0.3) is 0 Å². The summed E-state index contributed by atoms with van der Waals surface area (Å²) in [6, 6.07) is 0. The quantitative estimate of drug-likeness (QED) is 0.740. The number of hydrogen-bond acceptors (Lipinski definition) is 3. The van der Waals surface area contributed by atoms with Crippen LogP contribution in [-0.4, -0.2) is 31.6 Å². The summed E-state index contributed by atoms with van der Waals surface area (Å²) >= 11 is 0. The molecule has 0 bridgehead atoms. The van der Waals surface area contributed by atoms with Gasteiger partial charge in [-0.2, -0.15) is 0 Å². The largest absolute Gasteiger partial charge is 0.369 e. The van der Waals surface area contributed by atoms with Crippen LogP contribution in [0.1, 0.15) is 19.3 Å². The number of carbonyl (C=O) groups excluding carboxylic acids is 1. The second kappa shape index (κ2) is 3.95. The molecule has 76 valence electrons. The molecule has 3 nitrogen and oxygen atoms in total. The zero-order valence-electron chi connectivity index (χ0n) is 7.84. The number of hydrogen-bond donors (Lipinski definition) is 1. The van der Waals surface area contributed by atoms with Gasteiger partial charge in [0.25, 0.3) is 0 Å². The van der Waals surface area contributed by atoms with Crippen molar-refractivity contribution in [2.24, 2.45) is 5.92 Å². The Labute approximate surface area is 84.6 Å². The van der Waals surface area contributed by atoms with Gasteiger partial charge in [-0.1, -0.05) is 0 Å². The lowest BCUT2D eigenvalue weighted by molar-refractivity contribution is -0.140. The third-order valence-corrected chi connectivity index (χ3v) is 2.90. The summed E-state index contributed by atoms with van der Waals surface area (Å²) in [6.07, 6.45) is 2.99. The number of ether oxygens (including phenoxy) is 1. The van der Waals surface area contributed by atoms with Crippen LogP contribution in [0.15, 0.2) is 0 Å². The molecule has 1 heterocycles. The van der Waals surface area contributed by atoms with Crippen LogP contribution in [0.3, 0.4) is 0 Å². The number of ketones is 1. The summed E-state index contributed by atoms with van der Waals surface area (Å²) in [5.41, 5.74) is -0.471. The summed E-state index contributed by atoms with van der Waals surface area (Å²) in [6.45, 7) is 1.62. The van der Waals surface area contributed by atoms with Crippen molar-refractivity contribution in [1.29, 1.82) is 0 Å². The third-order valence-electron chi connectivity index (χ3n) is 2.90. The van der Waals surface area contributed by atoms with Crippen LogP contribution in [-0.2, 0) is 9.53 Å². The lowest BCUT2D eigenvalue weighted by atomic mass is 9.94. The van der Waals surface area contributed by atoms with E-state index in [9.17, 15) is 4.79 Å². The zero-order chi connectivity index (χ0) is 8.60. The fraction of sp³-hybridized carbons (Fsp3) is 0.889. The molecule has 2 aliphatic rings. The first-order valence-corrected chi connectivity index (χ1v) is 4.59. The second-order valence-electron chi connectivity index (χ2n) is 3.76. The summed E-state index contributed by atoms with van der Waals surface area (Å²) in [7, 11) is 1.65. The van der Waals surface area contributed by atoms with E-state index in [1.165, 1.54) is 0 Å². The Bertz CT molecular complexity index is 198. The summed E-state index contributed by atoms with van der Waals surface area (Å²) in [4.78, 5) is 11.8. The molecule has 1 aliphatic carbocycles. The number of rotatable bonds is 3. The Morgan fingerprint density at radius 3 is 2.62 bits per heavy atom. The Kier molecular flexibility index (Phi) is 3.33. The topological polar surface area (TPSA) is 38.3 Å². The van der Waals surface area contributed by atoms with Crippen LogP contribution in [0.5, 0.6) is 0 Å². The minimum absolute atomic E-state index is 0. The van der Waals surface area contributed by atoms with Crippen molar-refractivity contribution >= 4 is 18.2 Å². The Morgan fingerprint density at radius 1 is 1.54 bits per heavy atom. The maximum Gasteiger partial charge on any atom is 0.169 e. The highest BCUT2D eigenvalue weighted by Crippen LogP contribution is 2.36. The number of halogens is 1. The van der Waals surface area contributed by atoms with Gasteiger partial charge in [-0.15, -0.1) is 12.4 Å². The van der Waals surface area contributed by atoms with Gasteiger partial charge in [0, 0.05) is 19.6 Å². The van der Waals surface area contributed by atoms with Crippen molar-refractivity contribution < 1.29 is 9.53 Å². The van der Waals surface area contributed by atoms with Crippen LogP contribution in [0.4, 0.5) is 0 Å². The molecule has 2 rings (SSSR count). The van der Waals surface area contributed by atoms with Gasteiger partial charge >= 0.3 is 0 Å². The van der Waals surface area contributed by atoms with Crippen molar-refractivity contribution in [3.8, 4) is 0 Å². The molecule has 0 amide bonds. The molecular weight excluding hydrogens is 190 g/mol. The Morgan fingerprint density at radius 2 is 2.23 bits per heavy atom. The Balaban J connectivity index is 0.000000845. The van der Waals surface area contributed by atoms with Gasteiger partial charge in [0.2, 0.25) is 0 Å². The van der Waals surface area contributed by atoms with E-state index in [1.54, 1.807) is 7.11 Å². The van der Waals surface area contributed by atoms with Gasteiger partial charge in [-0.25, -0.2) is 0 Å². The predicted octanol–water partition coefficient (Wildman–Crippen LogP) is 0.766. The molecule has 2 fully saturated rings.